The third-order valence-electron chi connectivity index (χ3n) is 5.40. The van der Waals surface area contributed by atoms with Gasteiger partial charge in [0.15, 0.2) is 5.65 Å². The number of rotatable bonds is 5. The van der Waals surface area contributed by atoms with Crippen LogP contribution in [0.25, 0.3) is 27.9 Å². The molecule has 5 rings (SSSR count). The molecule has 1 N–H and O–H groups in total. The number of hydrogen-bond donors (Lipinski definition) is 1. The minimum atomic E-state index is -4.47. The molecule has 1 fully saturated rings. The van der Waals surface area contributed by atoms with E-state index in [1.165, 1.54) is 12.1 Å². The monoisotopic (exact) mass is 460 g/mol. The van der Waals surface area contributed by atoms with Gasteiger partial charge in [0.05, 0.1) is 11.1 Å². The second kappa shape index (κ2) is 7.70. The summed E-state index contributed by atoms with van der Waals surface area (Å²) in [5.41, 5.74) is 3.36. The van der Waals surface area contributed by atoms with Crippen LogP contribution in [0.3, 0.4) is 0 Å². The average molecular weight is 460 g/mol. The van der Waals surface area contributed by atoms with E-state index in [0.717, 1.165) is 22.5 Å². The highest BCUT2D eigenvalue weighted by atomic mass is 32.1. The molecule has 5 nitrogen and oxygen atoms in total. The number of nitrogens with zero attached hydrogens (tertiary/aromatic N) is 3. The Morgan fingerprint density at radius 1 is 1.12 bits per heavy atom. The summed E-state index contributed by atoms with van der Waals surface area (Å²) in [5.74, 6) is -1.61. The lowest BCUT2D eigenvalue weighted by Crippen LogP contribution is -2.46. The van der Waals surface area contributed by atoms with Gasteiger partial charge in [-0.15, -0.1) is 11.3 Å². The summed E-state index contributed by atoms with van der Waals surface area (Å²) in [5, 5.41) is 8.14. The topological polar surface area (TPSA) is 59.3 Å². The van der Waals surface area contributed by atoms with E-state index in [2.05, 4.69) is 15.4 Å². The minimum absolute atomic E-state index is 0.192. The zero-order valence-corrected chi connectivity index (χ0v) is 17.3. The van der Waals surface area contributed by atoms with Crippen LogP contribution in [0, 0.1) is 11.7 Å². The Balaban J connectivity index is 1.39. The lowest BCUT2D eigenvalue weighted by atomic mass is 10.1. The van der Waals surface area contributed by atoms with Gasteiger partial charge in [-0.05, 0) is 53.5 Å². The molecular weight excluding hydrogens is 444 g/mol. The Kier molecular flexibility index (Phi) is 4.96. The van der Waals surface area contributed by atoms with Gasteiger partial charge in [0, 0.05) is 23.5 Å². The number of benzene rings is 1. The van der Waals surface area contributed by atoms with E-state index in [9.17, 15) is 22.4 Å². The minimum Gasteiger partial charge on any atom is -0.339 e. The highest BCUT2D eigenvalue weighted by Gasteiger charge is 2.49. The quantitative estimate of drug-likeness (QED) is 0.410. The zero-order valence-electron chi connectivity index (χ0n) is 16.4. The molecule has 10 heteroatoms. The molecule has 3 aromatic heterocycles. The number of nitrogens with one attached hydrogen (secondary N) is 1. The Bertz CT molecular complexity index is 1290. The van der Waals surface area contributed by atoms with Crippen LogP contribution in [0.2, 0.25) is 0 Å². The summed E-state index contributed by atoms with van der Waals surface area (Å²) in [6.45, 7) is 0. The fraction of sp³-hybridized carbons (Fsp3) is 0.227. The summed E-state index contributed by atoms with van der Waals surface area (Å²) in [4.78, 5) is 17.1. The van der Waals surface area contributed by atoms with E-state index < -0.39 is 24.0 Å². The predicted molar refractivity (Wildman–Crippen MR) is 112 cm³/mol. The van der Waals surface area contributed by atoms with Crippen molar-refractivity contribution in [1.82, 2.24) is 19.9 Å². The number of amides is 1. The molecule has 0 radical (unpaired) electrons. The highest BCUT2D eigenvalue weighted by molar-refractivity contribution is 7.12. The fourth-order valence-corrected chi connectivity index (χ4v) is 4.39. The van der Waals surface area contributed by atoms with Crippen molar-refractivity contribution in [2.24, 2.45) is 5.92 Å². The van der Waals surface area contributed by atoms with Crippen molar-refractivity contribution in [2.45, 2.75) is 25.1 Å². The Morgan fingerprint density at radius 2 is 1.88 bits per heavy atom. The molecule has 1 atom stereocenters. The van der Waals surface area contributed by atoms with Gasteiger partial charge in [0.2, 0.25) is 0 Å². The third-order valence-corrected chi connectivity index (χ3v) is 6.33. The van der Waals surface area contributed by atoms with Gasteiger partial charge in [0.25, 0.3) is 5.91 Å². The van der Waals surface area contributed by atoms with E-state index in [1.54, 1.807) is 46.7 Å². The van der Waals surface area contributed by atoms with Crippen LogP contribution in [0.4, 0.5) is 17.6 Å². The van der Waals surface area contributed by atoms with Gasteiger partial charge >= 0.3 is 6.18 Å². The number of halogens is 4. The smallest absolute Gasteiger partial charge is 0.339 e. The first-order valence-corrected chi connectivity index (χ1v) is 10.7. The molecule has 0 bridgehead atoms. The maximum Gasteiger partial charge on any atom is 0.408 e. The second-order valence-electron chi connectivity index (χ2n) is 7.71. The van der Waals surface area contributed by atoms with Gasteiger partial charge in [-0.1, -0.05) is 12.1 Å². The maximum atomic E-state index is 13.2. The first-order valence-electron chi connectivity index (χ1n) is 9.85. The van der Waals surface area contributed by atoms with Crippen LogP contribution in [0.15, 0.2) is 54.3 Å². The van der Waals surface area contributed by atoms with Crippen molar-refractivity contribution < 1.29 is 22.4 Å². The SMILES string of the molecule is O=C(N[C@@H](C1CC1)C(F)(F)F)c1cc(-c2cnn3cc(-c4ccc(F)cc4)cnc23)cs1. The van der Waals surface area contributed by atoms with Crippen LogP contribution in [-0.4, -0.2) is 32.7 Å². The molecule has 32 heavy (non-hydrogen) atoms. The molecule has 4 aromatic rings. The third kappa shape index (κ3) is 3.97. The standard InChI is InChI=1S/C22H16F4N4OS/c23-16-5-3-12(4-6-16)15-8-27-20-17(9-28-30(20)10-15)14-7-18(32-11-14)21(31)29-19(13-1-2-13)22(24,25)26/h3-11,13,19H,1-2H2,(H,29,31)/t19-/m0/s1. The first-order chi connectivity index (χ1) is 15.3. The Hall–Kier alpha value is -3.27. The molecule has 1 aliphatic rings. The number of hydrogen-bond acceptors (Lipinski definition) is 4. The van der Waals surface area contributed by atoms with E-state index in [0.29, 0.717) is 29.6 Å². The molecule has 1 aliphatic carbocycles. The lowest BCUT2D eigenvalue weighted by molar-refractivity contribution is -0.158. The molecule has 1 amide bonds. The number of fused-ring (bicyclic) bond motifs is 1. The van der Waals surface area contributed by atoms with Crippen LogP contribution in [-0.2, 0) is 0 Å². The predicted octanol–water partition coefficient (Wildman–Crippen LogP) is 5.33. The van der Waals surface area contributed by atoms with Crippen molar-refractivity contribution in [1.29, 1.82) is 0 Å². The molecule has 3 heterocycles. The van der Waals surface area contributed by atoms with Gasteiger partial charge in [-0.3, -0.25) is 4.79 Å². The summed E-state index contributed by atoms with van der Waals surface area (Å²) in [6, 6.07) is 5.73. The molecule has 0 unspecified atom stereocenters. The molecule has 0 spiro atoms. The average Bonchev–Trinajstić information content (AvgIpc) is 3.30. The van der Waals surface area contributed by atoms with Gasteiger partial charge < -0.3 is 5.32 Å². The van der Waals surface area contributed by atoms with E-state index >= 15 is 0 Å². The van der Waals surface area contributed by atoms with Crippen molar-refractivity contribution in [3.05, 3.63) is 65.0 Å². The number of carbonyl (C=O) groups excluding carboxylic acids is 1. The number of alkyl halides is 3. The van der Waals surface area contributed by atoms with Crippen molar-refractivity contribution in [2.75, 3.05) is 0 Å². The fourth-order valence-electron chi connectivity index (χ4n) is 3.58. The summed E-state index contributed by atoms with van der Waals surface area (Å²) >= 11 is 1.07. The molecule has 164 valence electrons. The molecular formula is C22H16F4N4OS. The maximum absolute atomic E-state index is 13.2. The summed E-state index contributed by atoms with van der Waals surface area (Å²) < 4.78 is 54.4. The van der Waals surface area contributed by atoms with Crippen LogP contribution in [0.1, 0.15) is 22.5 Å². The van der Waals surface area contributed by atoms with Gasteiger partial charge in [-0.2, -0.15) is 18.3 Å². The Labute approximate surface area is 183 Å². The zero-order chi connectivity index (χ0) is 22.5. The molecule has 0 saturated heterocycles. The molecule has 0 aliphatic heterocycles. The number of aromatic nitrogens is 3. The molecule has 1 saturated carbocycles. The lowest BCUT2D eigenvalue weighted by Gasteiger charge is -2.20. The van der Waals surface area contributed by atoms with E-state index in [4.69, 9.17) is 0 Å². The summed E-state index contributed by atoms with van der Waals surface area (Å²) in [7, 11) is 0. The number of thiophene rings is 1. The normalized spacial score (nSPS) is 15.1. The van der Waals surface area contributed by atoms with Crippen molar-refractivity contribution >= 4 is 22.9 Å². The second-order valence-corrected chi connectivity index (χ2v) is 8.62. The van der Waals surface area contributed by atoms with Gasteiger partial charge in [0.1, 0.15) is 11.9 Å². The van der Waals surface area contributed by atoms with Crippen molar-refractivity contribution in [3.63, 3.8) is 0 Å². The van der Waals surface area contributed by atoms with E-state index in [-0.39, 0.29) is 10.7 Å². The van der Waals surface area contributed by atoms with E-state index in [1.807, 2.05) is 0 Å². The van der Waals surface area contributed by atoms with Crippen LogP contribution in [0.5, 0.6) is 0 Å². The van der Waals surface area contributed by atoms with Gasteiger partial charge in [-0.25, -0.2) is 13.9 Å². The molecule has 1 aromatic carbocycles. The van der Waals surface area contributed by atoms with Crippen LogP contribution >= 0.6 is 11.3 Å². The number of carbonyl (C=O) groups is 1. The first kappa shape index (κ1) is 20.6. The summed E-state index contributed by atoms with van der Waals surface area (Å²) in [6.07, 6.45) is 1.44. The van der Waals surface area contributed by atoms with Crippen molar-refractivity contribution in [3.8, 4) is 22.3 Å². The van der Waals surface area contributed by atoms with Crippen LogP contribution < -0.4 is 5.32 Å². The largest absolute Gasteiger partial charge is 0.408 e. The highest BCUT2D eigenvalue weighted by Crippen LogP contribution is 2.40. The Morgan fingerprint density at radius 3 is 2.56 bits per heavy atom.